The minimum atomic E-state index is -0.235. The molecule has 0 unspecified atom stereocenters. The largest absolute Gasteiger partial charge is 0.324 e. The van der Waals surface area contributed by atoms with E-state index in [0.717, 1.165) is 30.8 Å². The number of para-hydroxylation sites is 1. The second-order valence-corrected chi connectivity index (χ2v) is 9.44. The lowest BCUT2D eigenvalue weighted by Gasteiger charge is -2.28. The Labute approximate surface area is 206 Å². The summed E-state index contributed by atoms with van der Waals surface area (Å²) in [7, 11) is 0. The number of rotatable bonds is 4. The van der Waals surface area contributed by atoms with E-state index in [1.165, 1.54) is 22.9 Å². The average Bonchev–Trinajstić information content (AvgIpc) is 2.80. The van der Waals surface area contributed by atoms with Crippen LogP contribution in [-0.4, -0.2) is 28.3 Å². The van der Waals surface area contributed by atoms with Crippen LogP contribution in [0.25, 0.3) is 0 Å². The maximum absolute atomic E-state index is 13.1. The summed E-state index contributed by atoms with van der Waals surface area (Å²) in [6, 6.07) is 9.33. The highest BCUT2D eigenvalue weighted by atomic mass is 35.5. The molecule has 33 heavy (non-hydrogen) atoms. The zero-order valence-electron chi connectivity index (χ0n) is 17.5. The van der Waals surface area contributed by atoms with Crippen LogP contribution in [0.5, 0.6) is 0 Å². The molecule has 0 saturated carbocycles. The molecule has 5 rings (SSSR count). The Balaban J connectivity index is 1.42. The lowest BCUT2D eigenvalue weighted by Crippen LogP contribution is -2.35. The van der Waals surface area contributed by atoms with Gasteiger partial charge in [-0.1, -0.05) is 41.0 Å². The first kappa shape index (κ1) is 22.1. The highest BCUT2D eigenvalue weighted by molar-refractivity contribution is 7.99. The lowest BCUT2D eigenvalue weighted by atomic mass is 9.93. The molecule has 0 aliphatic carbocycles. The number of benzene rings is 2. The number of carbonyl (C=O) groups is 1. The van der Waals surface area contributed by atoms with E-state index in [2.05, 4.69) is 38.7 Å². The molecule has 0 radical (unpaired) electrons. The van der Waals surface area contributed by atoms with E-state index in [0.29, 0.717) is 44.6 Å². The molecule has 0 atom stereocenters. The summed E-state index contributed by atoms with van der Waals surface area (Å²) in [4.78, 5) is 23.7. The third-order valence-corrected chi connectivity index (χ3v) is 7.20. The molecular formula is C24H19Cl2N5OS. The van der Waals surface area contributed by atoms with E-state index in [4.69, 9.17) is 29.6 Å². The van der Waals surface area contributed by atoms with Crippen LogP contribution in [0.3, 0.4) is 0 Å². The highest BCUT2D eigenvalue weighted by Crippen LogP contribution is 2.39. The average molecular weight is 496 g/mol. The minimum absolute atomic E-state index is 0.235. The van der Waals surface area contributed by atoms with Crippen molar-refractivity contribution >= 4 is 58.2 Å². The quantitative estimate of drug-likeness (QED) is 0.389. The van der Waals surface area contributed by atoms with Crippen LogP contribution < -0.4 is 15.5 Å². The first-order valence-corrected chi connectivity index (χ1v) is 12.1. The van der Waals surface area contributed by atoms with Gasteiger partial charge in [0.05, 0.1) is 27.2 Å². The van der Waals surface area contributed by atoms with Gasteiger partial charge in [0.15, 0.2) is 0 Å². The van der Waals surface area contributed by atoms with Crippen LogP contribution in [0.2, 0.25) is 10.0 Å². The van der Waals surface area contributed by atoms with E-state index >= 15 is 0 Å². The third-order valence-electron chi connectivity index (χ3n) is 5.62. The van der Waals surface area contributed by atoms with Gasteiger partial charge >= 0.3 is 0 Å². The predicted octanol–water partition coefficient (Wildman–Crippen LogP) is 5.06. The molecule has 0 bridgehead atoms. The van der Waals surface area contributed by atoms with Gasteiger partial charge in [0.25, 0.3) is 5.91 Å². The molecule has 3 heterocycles. The fourth-order valence-electron chi connectivity index (χ4n) is 4.11. The first-order chi connectivity index (χ1) is 16.0. The highest BCUT2D eigenvalue weighted by Gasteiger charge is 2.30. The number of hydrogen-bond acceptors (Lipinski definition) is 6. The molecule has 0 spiro atoms. The maximum atomic E-state index is 13.1. The number of anilines is 3. The molecule has 2 aliphatic heterocycles. The van der Waals surface area contributed by atoms with Crippen LogP contribution in [0, 0.1) is 12.3 Å². The number of fused-ring (bicyclic) bond motifs is 2. The SMILES string of the molecule is C#CCc1cc(Nc2ncc3c(n2)SCN(c2c(Cl)cccc2Cl)C3=O)cc2c1CCNC2. The summed E-state index contributed by atoms with van der Waals surface area (Å²) in [6.07, 6.45) is 8.67. The van der Waals surface area contributed by atoms with E-state index in [9.17, 15) is 4.79 Å². The van der Waals surface area contributed by atoms with Gasteiger partial charge in [-0.05, 0) is 53.9 Å². The van der Waals surface area contributed by atoms with Gasteiger partial charge in [-0.2, -0.15) is 0 Å². The van der Waals surface area contributed by atoms with Gasteiger partial charge in [0, 0.05) is 24.8 Å². The van der Waals surface area contributed by atoms with Gasteiger partial charge in [0.1, 0.15) is 5.03 Å². The minimum Gasteiger partial charge on any atom is -0.324 e. The molecule has 2 aromatic carbocycles. The molecule has 1 aromatic heterocycles. The number of carbonyl (C=O) groups excluding carboxylic acids is 1. The van der Waals surface area contributed by atoms with Crippen molar-refractivity contribution in [2.24, 2.45) is 0 Å². The molecule has 6 nitrogen and oxygen atoms in total. The summed E-state index contributed by atoms with van der Waals surface area (Å²) in [5.41, 5.74) is 5.48. The summed E-state index contributed by atoms with van der Waals surface area (Å²) in [5, 5.41) is 8.13. The van der Waals surface area contributed by atoms with Crippen molar-refractivity contribution in [1.29, 1.82) is 0 Å². The van der Waals surface area contributed by atoms with E-state index in [1.807, 2.05) is 0 Å². The van der Waals surface area contributed by atoms with Gasteiger partial charge < -0.3 is 10.6 Å². The van der Waals surface area contributed by atoms with Crippen molar-refractivity contribution < 1.29 is 4.79 Å². The Kier molecular flexibility index (Phi) is 6.17. The zero-order chi connectivity index (χ0) is 22.9. The number of aromatic nitrogens is 2. The summed E-state index contributed by atoms with van der Waals surface area (Å²) >= 11 is 14.1. The van der Waals surface area contributed by atoms with Crippen molar-refractivity contribution in [3.8, 4) is 12.3 Å². The van der Waals surface area contributed by atoms with Crippen LogP contribution in [-0.2, 0) is 19.4 Å². The van der Waals surface area contributed by atoms with Crippen molar-refractivity contribution in [2.45, 2.75) is 24.4 Å². The van der Waals surface area contributed by atoms with E-state index in [1.54, 1.807) is 29.3 Å². The monoisotopic (exact) mass is 495 g/mol. The standard InChI is InChI=1S/C24H19Cl2N5OS/c1-2-4-14-9-16(10-15-11-27-8-7-17(14)15)29-24-28-12-18-22(30-24)33-13-31(23(18)32)21-19(25)5-3-6-20(21)26/h1,3,5-6,9-10,12,27H,4,7-8,11,13H2,(H,28,29,30). The van der Waals surface area contributed by atoms with Crippen molar-refractivity contribution in [2.75, 3.05) is 22.6 Å². The fourth-order valence-corrected chi connectivity index (χ4v) is 5.65. The fraction of sp³-hybridized carbons (Fsp3) is 0.208. The Bertz CT molecular complexity index is 1290. The Morgan fingerprint density at radius 3 is 2.88 bits per heavy atom. The van der Waals surface area contributed by atoms with Crippen molar-refractivity contribution in [1.82, 2.24) is 15.3 Å². The Hall–Kier alpha value is -2.76. The van der Waals surface area contributed by atoms with Gasteiger partial charge in [-0.25, -0.2) is 9.97 Å². The summed E-state index contributed by atoms with van der Waals surface area (Å²) < 4.78 is 0. The topological polar surface area (TPSA) is 70.2 Å². The maximum Gasteiger partial charge on any atom is 0.263 e. The molecule has 3 aromatic rings. The third kappa shape index (κ3) is 4.28. The van der Waals surface area contributed by atoms with Crippen LogP contribution in [0.1, 0.15) is 27.0 Å². The second-order valence-electron chi connectivity index (χ2n) is 7.70. The number of halogens is 2. The Morgan fingerprint density at radius 1 is 1.27 bits per heavy atom. The van der Waals surface area contributed by atoms with Gasteiger partial charge in [0.2, 0.25) is 5.95 Å². The predicted molar refractivity (Wildman–Crippen MR) is 134 cm³/mol. The zero-order valence-corrected chi connectivity index (χ0v) is 19.8. The number of nitrogens with zero attached hydrogens (tertiary/aromatic N) is 3. The second kappa shape index (κ2) is 9.24. The van der Waals surface area contributed by atoms with Crippen molar-refractivity contribution in [3.63, 3.8) is 0 Å². The number of terminal acetylenes is 1. The van der Waals surface area contributed by atoms with Crippen molar-refractivity contribution in [3.05, 3.63) is 68.8 Å². The van der Waals surface area contributed by atoms with Crippen LogP contribution in [0.15, 0.2) is 41.6 Å². The number of amides is 1. The van der Waals surface area contributed by atoms with Crippen LogP contribution >= 0.6 is 35.0 Å². The van der Waals surface area contributed by atoms with Gasteiger partial charge in [-0.3, -0.25) is 9.69 Å². The van der Waals surface area contributed by atoms with E-state index in [-0.39, 0.29) is 5.91 Å². The molecular weight excluding hydrogens is 477 g/mol. The molecule has 9 heteroatoms. The lowest BCUT2D eigenvalue weighted by molar-refractivity contribution is 0.0985. The smallest absolute Gasteiger partial charge is 0.263 e. The number of hydrogen-bond donors (Lipinski definition) is 2. The van der Waals surface area contributed by atoms with Gasteiger partial charge in [-0.15, -0.1) is 12.3 Å². The molecule has 0 fully saturated rings. The molecule has 1 amide bonds. The molecule has 0 saturated heterocycles. The number of nitrogens with one attached hydrogen (secondary N) is 2. The Morgan fingerprint density at radius 2 is 2.09 bits per heavy atom. The van der Waals surface area contributed by atoms with E-state index < -0.39 is 0 Å². The molecule has 166 valence electrons. The molecule has 2 N–H and O–H groups in total. The molecule has 2 aliphatic rings. The normalized spacial score (nSPS) is 14.9. The number of thioether (sulfide) groups is 1. The first-order valence-electron chi connectivity index (χ1n) is 10.4. The summed E-state index contributed by atoms with van der Waals surface area (Å²) in [6.45, 7) is 1.76. The van der Waals surface area contributed by atoms with Crippen LogP contribution in [0.4, 0.5) is 17.3 Å². The summed E-state index contributed by atoms with van der Waals surface area (Å²) in [5.74, 6) is 3.29.